The van der Waals surface area contributed by atoms with Crippen molar-refractivity contribution in [3.05, 3.63) is 30.3 Å². The second-order valence-corrected chi connectivity index (χ2v) is 6.32. The first kappa shape index (κ1) is 21.0. The average Bonchev–Trinajstić information content (AvgIpc) is 2.65. The van der Waals surface area contributed by atoms with Crippen LogP contribution in [-0.2, 0) is 4.79 Å². The zero-order valence-electron chi connectivity index (χ0n) is 15.6. The molecular weight excluding hydrogens is 359 g/mol. The van der Waals surface area contributed by atoms with E-state index in [0.717, 1.165) is 0 Å². The van der Waals surface area contributed by atoms with Gasteiger partial charge in [-0.1, -0.05) is 18.2 Å². The number of halogens is 3. The van der Waals surface area contributed by atoms with E-state index in [1.807, 2.05) is 30.0 Å². The van der Waals surface area contributed by atoms with Crippen LogP contribution in [-0.4, -0.2) is 73.2 Å². The number of carbonyl (C=O) groups is 1. The number of hydrogen-bond donors (Lipinski definition) is 2. The fourth-order valence-corrected chi connectivity index (χ4v) is 2.82. The van der Waals surface area contributed by atoms with Gasteiger partial charge in [-0.2, -0.15) is 13.2 Å². The van der Waals surface area contributed by atoms with Crippen LogP contribution < -0.4 is 10.6 Å². The summed E-state index contributed by atoms with van der Waals surface area (Å²) in [6.45, 7) is 5.07. The maximum absolute atomic E-state index is 12.9. The van der Waals surface area contributed by atoms with Gasteiger partial charge in [0, 0.05) is 38.4 Å². The number of amides is 1. The molecule has 1 heterocycles. The van der Waals surface area contributed by atoms with Crippen molar-refractivity contribution in [1.29, 1.82) is 0 Å². The third kappa shape index (κ3) is 6.42. The largest absolute Gasteiger partial charge is 0.403 e. The highest BCUT2D eigenvalue weighted by molar-refractivity contribution is 5.94. The van der Waals surface area contributed by atoms with Crippen molar-refractivity contribution in [2.75, 3.05) is 44.6 Å². The molecule has 27 heavy (non-hydrogen) atoms. The summed E-state index contributed by atoms with van der Waals surface area (Å²) in [6, 6.07) is 7.61. The van der Waals surface area contributed by atoms with Crippen LogP contribution in [0.2, 0.25) is 0 Å². The number of carbonyl (C=O) groups excluding carboxylic acids is 1. The smallest absolute Gasteiger partial charge is 0.357 e. The van der Waals surface area contributed by atoms with Crippen LogP contribution in [0.5, 0.6) is 0 Å². The van der Waals surface area contributed by atoms with Gasteiger partial charge in [0.25, 0.3) is 0 Å². The number of piperazine rings is 1. The Morgan fingerprint density at radius 3 is 2.37 bits per heavy atom. The molecule has 0 spiro atoms. The number of hydrogen-bond acceptors (Lipinski definition) is 3. The lowest BCUT2D eigenvalue weighted by atomic mass is 10.2. The fraction of sp³-hybridized carbons (Fsp3) is 0.556. The highest BCUT2D eigenvalue weighted by Crippen LogP contribution is 2.25. The summed E-state index contributed by atoms with van der Waals surface area (Å²) in [4.78, 5) is 19.7. The Bertz CT molecular complexity index is 628. The van der Waals surface area contributed by atoms with Gasteiger partial charge in [-0.05, 0) is 26.0 Å². The minimum absolute atomic E-state index is 0.0591. The Balaban J connectivity index is 1.91. The van der Waals surface area contributed by atoms with E-state index in [1.165, 1.54) is 11.8 Å². The molecule has 2 rings (SSSR count). The van der Waals surface area contributed by atoms with E-state index in [4.69, 9.17) is 0 Å². The van der Waals surface area contributed by atoms with Gasteiger partial charge < -0.3 is 15.5 Å². The minimum atomic E-state index is -4.23. The predicted octanol–water partition coefficient (Wildman–Crippen LogP) is 2.16. The third-order valence-electron chi connectivity index (χ3n) is 4.40. The molecule has 0 radical (unpaired) electrons. The second kappa shape index (κ2) is 9.59. The fourth-order valence-electron chi connectivity index (χ4n) is 2.82. The first-order valence-electron chi connectivity index (χ1n) is 9.00. The van der Waals surface area contributed by atoms with Gasteiger partial charge in [-0.25, -0.2) is 4.99 Å². The Kier molecular flexibility index (Phi) is 7.46. The molecule has 1 unspecified atom stereocenters. The molecule has 0 aromatic heterocycles. The Hall–Kier alpha value is -2.29. The molecule has 0 saturated carbocycles. The van der Waals surface area contributed by atoms with Crippen molar-refractivity contribution in [2.45, 2.75) is 26.1 Å². The van der Waals surface area contributed by atoms with E-state index in [9.17, 15) is 18.0 Å². The maximum atomic E-state index is 12.9. The average molecular weight is 385 g/mol. The summed E-state index contributed by atoms with van der Waals surface area (Å²) in [5.74, 6) is 0.293. The van der Waals surface area contributed by atoms with Crippen molar-refractivity contribution in [3.8, 4) is 0 Å². The number of rotatable bonds is 5. The van der Waals surface area contributed by atoms with Crippen LogP contribution in [0, 0.1) is 0 Å². The number of aliphatic imine (C=N–C) groups is 1. The van der Waals surface area contributed by atoms with Crippen LogP contribution in [0.4, 0.5) is 18.9 Å². The molecular formula is C18H26F3N5O. The summed E-state index contributed by atoms with van der Waals surface area (Å²) < 4.78 is 38.6. The lowest BCUT2D eigenvalue weighted by Crippen LogP contribution is -2.56. The topological polar surface area (TPSA) is 60.0 Å². The van der Waals surface area contributed by atoms with Gasteiger partial charge in [0.15, 0.2) is 5.96 Å². The van der Waals surface area contributed by atoms with Crippen LogP contribution >= 0.6 is 0 Å². The summed E-state index contributed by atoms with van der Waals surface area (Å²) in [5.41, 5.74) is 0.692. The predicted molar refractivity (Wildman–Crippen MR) is 99.7 cm³/mol. The van der Waals surface area contributed by atoms with E-state index >= 15 is 0 Å². The molecule has 6 nitrogen and oxygen atoms in total. The highest BCUT2D eigenvalue weighted by Gasteiger charge is 2.41. The second-order valence-electron chi connectivity index (χ2n) is 6.32. The van der Waals surface area contributed by atoms with Gasteiger partial charge in [-0.15, -0.1) is 0 Å². The Morgan fingerprint density at radius 1 is 1.19 bits per heavy atom. The molecule has 1 aliphatic rings. The standard InChI is InChI=1S/C18H26F3N5O/c1-3-22-17(23-13-16(27)24-15-7-5-4-6-8-15)26-11-9-25(10-12-26)14(2)18(19,20)21/h4-8,14H,3,9-13H2,1-2H3,(H,22,23)(H,24,27). The van der Waals surface area contributed by atoms with Gasteiger partial charge >= 0.3 is 6.18 Å². The summed E-state index contributed by atoms with van der Waals surface area (Å²) in [7, 11) is 0. The number of nitrogens with zero attached hydrogens (tertiary/aromatic N) is 3. The van der Waals surface area contributed by atoms with E-state index in [-0.39, 0.29) is 12.5 Å². The quantitative estimate of drug-likeness (QED) is 0.602. The van der Waals surface area contributed by atoms with Gasteiger partial charge in [0.1, 0.15) is 12.6 Å². The van der Waals surface area contributed by atoms with Gasteiger partial charge in [0.2, 0.25) is 5.91 Å². The van der Waals surface area contributed by atoms with E-state index in [0.29, 0.717) is 44.4 Å². The lowest BCUT2D eigenvalue weighted by molar-refractivity contribution is -0.181. The summed E-state index contributed by atoms with van der Waals surface area (Å²) in [5, 5.41) is 5.86. The number of anilines is 1. The van der Waals surface area contributed by atoms with E-state index in [1.54, 1.807) is 12.1 Å². The molecule has 1 aromatic rings. The minimum Gasteiger partial charge on any atom is -0.357 e. The van der Waals surface area contributed by atoms with Crippen molar-refractivity contribution >= 4 is 17.6 Å². The van der Waals surface area contributed by atoms with Crippen molar-refractivity contribution < 1.29 is 18.0 Å². The van der Waals surface area contributed by atoms with Gasteiger partial charge in [-0.3, -0.25) is 9.69 Å². The summed E-state index contributed by atoms with van der Waals surface area (Å²) >= 11 is 0. The zero-order valence-corrected chi connectivity index (χ0v) is 15.6. The zero-order chi connectivity index (χ0) is 19.9. The first-order chi connectivity index (χ1) is 12.8. The number of alkyl halides is 3. The monoisotopic (exact) mass is 385 g/mol. The molecule has 1 aliphatic heterocycles. The maximum Gasteiger partial charge on any atom is 0.403 e. The first-order valence-corrected chi connectivity index (χ1v) is 9.00. The molecule has 0 bridgehead atoms. The molecule has 1 aromatic carbocycles. The normalized spacial score (nSPS) is 17.5. The van der Waals surface area contributed by atoms with Crippen molar-refractivity contribution in [1.82, 2.24) is 15.1 Å². The molecule has 150 valence electrons. The van der Waals surface area contributed by atoms with E-state index in [2.05, 4.69) is 15.6 Å². The van der Waals surface area contributed by atoms with Crippen LogP contribution in [0.1, 0.15) is 13.8 Å². The van der Waals surface area contributed by atoms with Crippen molar-refractivity contribution in [3.63, 3.8) is 0 Å². The van der Waals surface area contributed by atoms with Crippen molar-refractivity contribution in [2.24, 2.45) is 4.99 Å². The SMILES string of the molecule is CCNC(=NCC(=O)Nc1ccccc1)N1CCN(C(C)C(F)(F)F)CC1. The Labute approximate surface area is 157 Å². The lowest BCUT2D eigenvalue weighted by Gasteiger charge is -2.39. The third-order valence-corrected chi connectivity index (χ3v) is 4.40. The molecule has 0 aliphatic carbocycles. The van der Waals surface area contributed by atoms with Crippen LogP contribution in [0.25, 0.3) is 0 Å². The number of nitrogens with one attached hydrogen (secondary N) is 2. The number of benzene rings is 1. The molecule has 1 atom stereocenters. The van der Waals surface area contributed by atoms with E-state index < -0.39 is 12.2 Å². The molecule has 1 saturated heterocycles. The van der Waals surface area contributed by atoms with Crippen LogP contribution in [0.15, 0.2) is 35.3 Å². The molecule has 1 fully saturated rings. The number of guanidine groups is 1. The molecule has 9 heteroatoms. The van der Waals surface area contributed by atoms with Gasteiger partial charge in [0.05, 0.1) is 0 Å². The van der Waals surface area contributed by atoms with Crippen LogP contribution in [0.3, 0.4) is 0 Å². The molecule has 1 amide bonds. The Morgan fingerprint density at radius 2 is 1.81 bits per heavy atom. The summed E-state index contributed by atoms with van der Waals surface area (Å²) in [6.07, 6.45) is -4.23. The highest BCUT2D eigenvalue weighted by atomic mass is 19.4. The number of para-hydroxylation sites is 1. The molecule has 2 N–H and O–H groups in total.